The Morgan fingerprint density at radius 3 is 2.35 bits per heavy atom. The zero-order valence-corrected chi connectivity index (χ0v) is 13.7. The predicted octanol–water partition coefficient (Wildman–Crippen LogP) is 5.97. The zero-order valence-electron chi connectivity index (χ0n) is 12.1. The molecule has 20 heavy (non-hydrogen) atoms. The van der Waals surface area contributed by atoms with Gasteiger partial charge in [0.25, 0.3) is 0 Å². The molecule has 0 aliphatic heterocycles. The Kier molecular flexibility index (Phi) is 4.66. The Hall–Kier alpha value is -1.54. The summed E-state index contributed by atoms with van der Waals surface area (Å²) in [4.78, 5) is 2.20. The number of benzene rings is 1. The number of halogens is 1. The summed E-state index contributed by atoms with van der Waals surface area (Å²) in [5.74, 6) is 0. The summed E-state index contributed by atoms with van der Waals surface area (Å²) in [6, 6.07) is 8.31. The van der Waals surface area contributed by atoms with Crippen LogP contribution in [-0.4, -0.2) is 0 Å². The molecule has 0 fully saturated rings. The maximum absolute atomic E-state index is 4.14. The lowest BCUT2D eigenvalue weighted by Crippen LogP contribution is -2.21. The first-order chi connectivity index (χ1) is 9.50. The summed E-state index contributed by atoms with van der Waals surface area (Å²) >= 11 is 3.48. The molecule has 0 radical (unpaired) electrons. The van der Waals surface area contributed by atoms with Crippen molar-refractivity contribution in [3.05, 3.63) is 76.6 Å². The number of hydrogen-bond acceptors (Lipinski definition) is 1. The summed E-state index contributed by atoms with van der Waals surface area (Å²) in [6.07, 6.45) is 6.53. The highest BCUT2D eigenvalue weighted by Gasteiger charge is 2.18. The van der Waals surface area contributed by atoms with Crippen LogP contribution in [0.4, 0.5) is 5.69 Å². The van der Waals surface area contributed by atoms with Gasteiger partial charge in [-0.25, -0.2) is 0 Å². The maximum atomic E-state index is 4.14. The Labute approximate surface area is 130 Å². The van der Waals surface area contributed by atoms with Crippen molar-refractivity contribution in [1.29, 1.82) is 0 Å². The fourth-order valence-corrected chi connectivity index (χ4v) is 2.71. The van der Waals surface area contributed by atoms with E-state index in [-0.39, 0.29) is 0 Å². The largest absolute Gasteiger partial charge is 0.315 e. The van der Waals surface area contributed by atoms with Crippen molar-refractivity contribution in [3.63, 3.8) is 0 Å². The van der Waals surface area contributed by atoms with E-state index < -0.39 is 0 Å². The second-order valence-corrected chi connectivity index (χ2v) is 6.05. The van der Waals surface area contributed by atoms with E-state index in [0.717, 1.165) is 34.3 Å². The molecule has 0 saturated heterocycles. The van der Waals surface area contributed by atoms with Crippen molar-refractivity contribution in [2.45, 2.75) is 26.7 Å². The van der Waals surface area contributed by atoms with Gasteiger partial charge in [-0.2, -0.15) is 0 Å². The number of anilines is 1. The minimum atomic E-state index is 1.01. The van der Waals surface area contributed by atoms with E-state index in [9.17, 15) is 0 Å². The molecule has 1 aromatic carbocycles. The van der Waals surface area contributed by atoms with Gasteiger partial charge in [0.05, 0.1) is 0 Å². The molecular weight excluding hydrogens is 310 g/mol. The van der Waals surface area contributed by atoms with Crippen molar-refractivity contribution in [2.24, 2.45) is 0 Å². The molecular formula is C18H20BrN. The van der Waals surface area contributed by atoms with Crippen LogP contribution in [-0.2, 0) is 0 Å². The molecule has 1 aliphatic rings. The first kappa shape index (κ1) is 14.9. The van der Waals surface area contributed by atoms with E-state index in [1.807, 2.05) is 6.92 Å². The van der Waals surface area contributed by atoms with E-state index in [1.165, 1.54) is 11.3 Å². The van der Waals surface area contributed by atoms with Crippen molar-refractivity contribution in [2.75, 3.05) is 4.90 Å². The summed E-state index contributed by atoms with van der Waals surface area (Å²) in [7, 11) is 0. The third-order valence-electron chi connectivity index (χ3n) is 3.37. The van der Waals surface area contributed by atoms with Crippen molar-refractivity contribution >= 4 is 21.6 Å². The smallest absolute Gasteiger partial charge is 0.0489 e. The molecule has 0 spiro atoms. The lowest BCUT2D eigenvalue weighted by atomic mass is 9.95. The van der Waals surface area contributed by atoms with Crippen molar-refractivity contribution in [1.82, 2.24) is 0 Å². The highest BCUT2D eigenvalue weighted by molar-refractivity contribution is 9.10. The van der Waals surface area contributed by atoms with Crippen molar-refractivity contribution < 1.29 is 0 Å². The molecule has 0 heterocycles. The van der Waals surface area contributed by atoms with Gasteiger partial charge < -0.3 is 4.90 Å². The molecule has 0 N–H and O–H groups in total. The monoisotopic (exact) mass is 329 g/mol. The van der Waals surface area contributed by atoms with Crippen LogP contribution in [0.5, 0.6) is 0 Å². The average Bonchev–Trinajstić information content (AvgIpc) is 2.41. The van der Waals surface area contributed by atoms with Gasteiger partial charge in [-0.1, -0.05) is 40.7 Å². The van der Waals surface area contributed by atoms with Crippen LogP contribution in [0.15, 0.2) is 76.6 Å². The van der Waals surface area contributed by atoms with E-state index in [1.54, 1.807) is 0 Å². The van der Waals surface area contributed by atoms with Gasteiger partial charge in [0.1, 0.15) is 0 Å². The van der Waals surface area contributed by atoms with Crippen LogP contribution in [0.2, 0.25) is 0 Å². The SMILES string of the molecule is C=C(C)C1=C(N(C(=C)C)c2ccc(Br)cc2)C=CCC1. The molecule has 0 bridgehead atoms. The fourth-order valence-electron chi connectivity index (χ4n) is 2.45. The van der Waals surface area contributed by atoms with Crippen molar-refractivity contribution in [3.8, 4) is 0 Å². The molecule has 104 valence electrons. The molecule has 0 unspecified atom stereocenters. The van der Waals surface area contributed by atoms with Crippen LogP contribution in [0.3, 0.4) is 0 Å². The van der Waals surface area contributed by atoms with Crippen LogP contribution < -0.4 is 4.90 Å². The number of allylic oxidation sites excluding steroid dienone is 5. The third kappa shape index (κ3) is 3.13. The Morgan fingerprint density at radius 2 is 1.80 bits per heavy atom. The molecule has 0 atom stereocenters. The first-order valence-corrected chi connectivity index (χ1v) is 7.57. The summed E-state index contributed by atoms with van der Waals surface area (Å²) in [6.45, 7) is 12.4. The Morgan fingerprint density at radius 1 is 1.15 bits per heavy atom. The second kappa shape index (κ2) is 6.27. The molecule has 0 amide bonds. The molecule has 0 aromatic heterocycles. The van der Waals surface area contributed by atoms with Gasteiger partial charge in [0.15, 0.2) is 0 Å². The average molecular weight is 330 g/mol. The zero-order chi connectivity index (χ0) is 14.7. The van der Waals surface area contributed by atoms with Gasteiger partial charge >= 0.3 is 0 Å². The van der Waals surface area contributed by atoms with Gasteiger partial charge in [0, 0.05) is 21.6 Å². The molecule has 2 rings (SSSR count). The lowest BCUT2D eigenvalue weighted by Gasteiger charge is -2.30. The minimum Gasteiger partial charge on any atom is -0.315 e. The Bertz CT molecular complexity index is 590. The topological polar surface area (TPSA) is 3.24 Å². The quantitative estimate of drug-likeness (QED) is 0.657. The van der Waals surface area contributed by atoms with E-state index in [4.69, 9.17) is 0 Å². The number of nitrogens with zero attached hydrogens (tertiary/aromatic N) is 1. The predicted molar refractivity (Wildman–Crippen MR) is 91.6 cm³/mol. The maximum Gasteiger partial charge on any atom is 0.0489 e. The first-order valence-electron chi connectivity index (χ1n) is 6.77. The van der Waals surface area contributed by atoms with Gasteiger partial charge in [-0.15, -0.1) is 0 Å². The summed E-state index contributed by atoms with van der Waals surface area (Å²) in [5.41, 5.74) is 5.78. The normalized spacial score (nSPS) is 14.3. The highest BCUT2D eigenvalue weighted by Crippen LogP contribution is 2.33. The van der Waals surface area contributed by atoms with Gasteiger partial charge in [0.2, 0.25) is 0 Å². The molecule has 2 heteroatoms. The molecule has 0 saturated carbocycles. The lowest BCUT2D eigenvalue weighted by molar-refractivity contribution is 0.920. The van der Waals surface area contributed by atoms with Crippen LogP contribution >= 0.6 is 15.9 Å². The number of rotatable bonds is 4. The minimum absolute atomic E-state index is 1.01. The Balaban J connectivity index is 2.53. The standard InChI is InChI=1S/C18H20BrN/c1-13(2)17-7-5-6-8-18(17)20(14(3)4)16-11-9-15(19)10-12-16/h6,8-12H,1,3,5,7H2,2,4H3. The molecule has 1 nitrogen and oxygen atoms in total. The number of hydrogen-bond donors (Lipinski definition) is 0. The van der Waals surface area contributed by atoms with Gasteiger partial charge in [-0.3, -0.25) is 0 Å². The second-order valence-electron chi connectivity index (χ2n) is 5.13. The van der Waals surface area contributed by atoms with E-state index >= 15 is 0 Å². The van der Waals surface area contributed by atoms with Crippen LogP contribution in [0, 0.1) is 0 Å². The van der Waals surface area contributed by atoms with E-state index in [2.05, 4.69) is 77.3 Å². The molecule has 1 aliphatic carbocycles. The third-order valence-corrected chi connectivity index (χ3v) is 3.90. The molecule has 1 aromatic rings. The van der Waals surface area contributed by atoms with Crippen LogP contribution in [0.25, 0.3) is 0 Å². The van der Waals surface area contributed by atoms with Crippen LogP contribution in [0.1, 0.15) is 26.7 Å². The summed E-state index contributed by atoms with van der Waals surface area (Å²) < 4.78 is 1.08. The fraction of sp³-hybridized carbons (Fsp3) is 0.222. The van der Waals surface area contributed by atoms with Gasteiger partial charge in [-0.05, 0) is 62.6 Å². The summed E-state index contributed by atoms with van der Waals surface area (Å²) in [5, 5.41) is 0. The highest BCUT2D eigenvalue weighted by atomic mass is 79.9. The van der Waals surface area contributed by atoms with E-state index in [0.29, 0.717) is 0 Å².